The first-order valence-corrected chi connectivity index (χ1v) is 13.0. The van der Waals surface area contributed by atoms with E-state index >= 15 is 0 Å². The fourth-order valence-corrected chi connectivity index (χ4v) is 4.11. The molecular formula is C30H27FN8O2. The maximum absolute atomic E-state index is 13.3. The van der Waals surface area contributed by atoms with Gasteiger partial charge in [0.1, 0.15) is 17.7 Å². The molecule has 2 aromatic heterocycles. The maximum Gasteiger partial charge on any atom is 0.273 e. The number of carbonyl (C=O) groups excluding carboxylic acids is 2. The number of halogens is 1. The third kappa shape index (κ3) is 6.62. The second-order valence-electron chi connectivity index (χ2n) is 9.77. The smallest absolute Gasteiger partial charge is 0.273 e. The molecule has 0 spiro atoms. The van der Waals surface area contributed by atoms with Crippen LogP contribution in [0.2, 0.25) is 0 Å². The predicted molar refractivity (Wildman–Crippen MR) is 151 cm³/mol. The molecule has 4 aromatic rings. The zero-order valence-corrected chi connectivity index (χ0v) is 22.2. The molecule has 0 aliphatic heterocycles. The fraction of sp³-hybridized carbons (Fsp3) is 0.200. The van der Waals surface area contributed by atoms with E-state index in [9.17, 15) is 19.2 Å². The van der Waals surface area contributed by atoms with Gasteiger partial charge < -0.3 is 21.7 Å². The summed E-state index contributed by atoms with van der Waals surface area (Å²) in [6, 6.07) is 16.6. The summed E-state index contributed by atoms with van der Waals surface area (Å²) in [5.41, 5.74) is 9.35. The summed E-state index contributed by atoms with van der Waals surface area (Å²) >= 11 is 0. The number of nitrogen functional groups attached to an aromatic ring is 1. The summed E-state index contributed by atoms with van der Waals surface area (Å²) in [5, 5.41) is 18.3. The summed E-state index contributed by atoms with van der Waals surface area (Å²) in [5.74, 6) is -0.725. The van der Waals surface area contributed by atoms with Crippen LogP contribution < -0.4 is 21.7 Å². The average Bonchev–Trinajstić information content (AvgIpc) is 3.80. The molecule has 0 unspecified atom stereocenters. The second-order valence-corrected chi connectivity index (χ2v) is 9.77. The van der Waals surface area contributed by atoms with Crippen molar-refractivity contribution < 1.29 is 14.0 Å². The Balaban J connectivity index is 1.28. The van der Waals surface area contributed by atoms with Gasteiger partial charge in [0, 0.05) is 24.3 Å². The van der Waals surface area contributed by atoms with Crippen LogP contribution in [0.15, 0.2) is 67.0 Å². The van der Waals surface area contributed by atoms with Crippen LogP contribution >= 0.6 is 0 Å². The van der Waals surface area contributed by atoms with Crippen molar-refractivity contribution in [3.8, 4) is 17.3 Å². The third-order valence-electron chi connectivity index (χ3n) is 6.62. The lowest BCUT2D eigenvalue weighted by Gasteiger charge is -2.16. The summed E-state index contributed by atoms with van der Waals surface area (Å²) in [4.78, 5) is 38.5. The first-order chi connectivity index (χ1) is 19.8. The van der Waals surface area contributed by atoms with E-state index in [1.165, 1.54) is 30.6 Å². The standard InChI is InChI=1S/C30H27FN8O2/c1-17(20-6-8-22(31)9-7-20)37-29(40)24-12-19(13-32)15-36-28(24)35-14-18-2-4-21(5-3-18)25-16-34-27(33)26(39-25)30(41)38-23-10-11-23/h2-9,12,15-17,23H,10-11,14H2,1H3,(H2,33,34)(H,35,36)(H,37,40)(H,38,41)/t17-/m0/s1. The van der Waals surface area contributed by atoms with Gasteiger partial charge in [0.15, 0.2) is 11.5 Å². The van der Waals surface area contributed by atoms with Crippen LogP contribution in [-0.4, -0.2) is 32.8 Å². The molecule has 0 bridgehead atoms. The van der Waals surface area contributed by atoms with Crippen LogP contribution in [0.5, 0.6) is 0 Å². The largest absolute Gasteiger partial charge is 0.382 e. The van der Waals surface area contributed by atoms with E-state index in [-0.39, 0.29) is 40.4 Å². The van der Waals surface area contributed by atoms with E-state index in [0.29, 0.717) is 18.1 Å². The van der Waals surface area contributed by atoms with Gasteiger partial charge >= 0.3 is 0 Å². The first kappa shape index (κ1) is 27.2. The molecule has 5 rings (SSSR count). The Kier molecular flexibility index (Phi) is 7.83. The van der Waals surface area contributed by atoms with Crippen molar-refractivity contribution in [3.63, 3.8) is 0 Å². The van der Waals surface area contributed by atoms with E-state index < -0.39 is 11.9 Å². The number of nitrogens with one attached hydrogen (secondary N) is 3. The van der Waals surface area contributed by atoms with E-state index in [1.807, 2.05) is 30.3 Å². The van der Waals surface area contributed by atoms with Crippen molar-refractivity contribution in [2.75, 3.05) is 11.1 Å². The third-order valence-corrected chi connectivity index (χ3v) is 6.62. The minimum Gasteiger partial charge on any atom is -0.382 e. The minimum absolute atomic E-state index is 0.0783. The van der Waals surface area contributed by atoms with Gasteiger partial charge in [-0.15, -0.1) is 0 Å². The molecule has 1 atom stereocenters. The molecule has 1 aliphatic rings. The van der Waals surface area contributed by atoms with E-state index in [0.717, 1.165) is 29.5 Å². The lowest BCUT2D eigenvalue weighted by atomic mass is 10.1. The second kappa shape index (κ2) is 11.8. The molecule has 2 amide bonds. The van der Waals surface area contributed by atoms with E-state index in [4.69, 9.17) is 5.73 Å². The number of anilines is 2. The Morgan fingerprint density at radius 3 is 2.49 bits per heavy atom. The number of hydrogen-bond acceptors (Lipinski definition) is 8. The van der Waals surface area contributed by atoms with Crippen LogP contribution in [0.1, 0.15) is 63.3 Å². The van der Waals surface area contributed by atoms with Crippen LogP contribution in [0.25, 0.3) is 11.3 Å². The van der Waals surface area contributed by atoms with Crippen molar-refractivity contribution in [3.05, 3.63) is 101 Å². The van der Waals surface area contributed by atoms with Crippen molar-refractivity contribution in [2.24, 2.45) is 0 Å². The monoisotopic (exact) mass is 550 g/mol. The zero-order chi connectivity index (χ0) is 28.9. The van der Waals surface area contributed by atoms with Crippen LogP contribution in [0.4, 0.5) is 16.0 Å². The number of carbonyl (C=O) groups is 2. The predicted octanol–water partition coefficient (Wildman–Crippen LogP) is 4.13. The highest BCUT2D eigenvalue weighted by atomic mass is 19.1. The van der Waals surface area contributed by atoms with Crippen molar-refractivity contribution in [1.82, 2.24) is 25.6 Å². The molecule has 1 aliphatic carbocycles. The van der Waals surface area contributed by atoms with Gasteiger partial charge in [-0.2, -0.15) is 5.26 Å². The number of hydrogen-bond donors (Lipinski definition) is 4. The molecule has 206 valence electrons. The number of rotatable bonds is 9. The Morgan fingerprint density at radius 1 is 1.07 bits per heavy atom. The quantitative estimate of drug-likeness (QED) is 0.242. The van der Waals surface area contributed by atoms with Crippen molar-refractivity contribution in [2.45, 2.75) is 38.4 Å². The number of nitriles is 1. The lowest BCUT2D eigenvalue weighted by Crippen LogP contribution is -2.28. The van der Waals surface area contributed by atoms with Crippen molar-refractivity contribution in [1.29, 1.82) is 5.26 Å². The molecular weight excluding hydrogens is 523 g/mol. The van der Waals surface area contributed by atoms with Gasteiger partial charge in [-0.25, -0.2) is 19.3 Å². The Bertz CT molecular complexity index is 1630. The summed E-state index contributed by atoms with van der Waals surface area (Å²) in [7, 11) is 0. The van der Waals surface area contributed by atoms with Gasteiger partial charge in [0.25, 0.3) is 11.8 Å². The van der Waals surface area contributed by atoms with Crippen LogP contribution in [0.3, 0.4) is 0 Å². The molecule has 41 heavy (non-hydrogen) atoms. The van der Waals surface area contributed by atoms with Gasteiger partial charge in [-0.1, -0.05) is 36.4 Å². The van der Waals surface area contributed by atoms with E-state index in [1.54, 1.807) is 19.1 Å². The highest BCUT2D eigenvalue weighted by Crippen LogP contribution is 2.23. The first-order valence-electron chi connectivity index (χ1n) is 13.0. The molecule has 11 heteroatoms. The normalized spacial score (nSPS) is 13.1. The fourth-order valence-electron chi connectivity index (χ4n) is 4.11. The highest BCUT2D eigenvalue weighted by Gasteiger charge is 2.26. The molecule has 2 heterocycles. The molecule has 1 fully saturated rings. The van der Waals surface area contributed by atoms with Crippen LogP contribution in [-0.2, 0) is 6.54 Å². The van der Waals surface area contributed by atoms with Gasteiger partial charge in [0.05, 0.1) is 29.1 Å². The number of benzene rings is 2. The van der Waals surface area contributed by atoms with E-state index in [2.05, 4.69) is 30.9 Å². The summed E-state index contributed by atoms with van der Waals surface area (Å²) in [6.45, 7) is 2.13. The van der Waals surface area contributed by atoms with Crippen molar-refractivity contribution >= 4 is 23.5 Å². The molecule has 2 aromatic carbocycles. The SMILES string of the molecule is C[C@H](NC(=O)c1cc(C#N)cnc1NCc1ccc(-c2cnc(N)c(C(=O)NC3CC3)n2)cc1)c1ccc(F)cc1. The maximum atomic E-state index is 13.3. The van der Waals surface area contributed by atoms with Crippen LogP contribution in [0, 0.1) is 17.1 Å². The zero-order valence-electron chi connectivity index (χ0n) is 22.2. The molecule has 5 N–H and O–H groups in total. The minimum atomic E-state index is -0.423. The Labute approximate surface area is 235 Å². The summed E-state index contributed by atoms with van der Waals surface area (Å²) < 4.78 is 13.3. The molecule has 1 saturated carbocycles. The molecule has 0 radical (unpaired) electrons. The number of amides is 2. The molecule has 10 nitrogen and oxygen atoms in total. The Hall–Kier alpha value is -5.37. The Morgan fingerprint density at radius 2 is 1.80 bits per heavy atom. The summed E-state index contributed by atoms with van der Waals surface area (Å²) in [6.07, 6.45) is 4.82. The van der Waals surface area contributed by atoms with Gasteiger partial charge in [0.2, 0.25) is 0 Å². The molecule has 0 saturated heterocycles. The highest BCUT2D eigenvalue weighted by molar-refractivity contribution is 5.99. The average molecular weight is 551 g/mol. The number of pyridine rings is 1. The topological polar surface area (TPSA) is 159 Å². The number of aromatic nitrogens is 3. The van der Waals surface area contributed by atoms with Gasteiger partial charge in [-0.3, -0.25) is 9.59 Å². The lowest BCUT2D eigenvalue weighted by molar-refractivity contribution is 0.0934. The number of nitrogens with two attached hydrogens (primary N) is 1. The number of nitrogens with zero attached hydrogens (tertiary/aromatic N) is 4. The van der Waals surface area contributed by atoms with Gasteiger partial charge in [-0.05, 0) is 49.1 Å².